The van der Waals surface area contributed by atoms with E-state index in [1.165, 1.54) is 11.1 Å². The fourth-order valence-corrected chi connectivity index (χ4v) is 2.23. The maximum absolute atomic E-state index is 4.60. The Balaban J connectivity index is 2.17. The first-order valence-corrected chi connectivity index (χ1v) is 6.99. The predicted molar refractivity (Wildman–Crippen MR) is 84.9 cm³/mol. The second-order valence-electron chi connectivity index (χ2n) is 5.29. The molecule has 0 saturated carbocycles. The third-order valence-corrected chi connectivity index (χ3v) is 3.44. The monoisotopic (exact) mass is 275 g/mol. The minimum atomic E-state index is 0.682. The summed E-state index contributed by atoms with van der Waals surface area (Å²) in [5.41, 5.74) is 6.26. The number of rotatable bonds is 2. The fraction of sp³-hybridized carbons (Fsp3) is 0.167. The van der Waals surface area contributed by atoms with E-state index in [1.54, 1.807) is 0 Å². The fourth-order valence-electron chi connectivity index (χ4n) is 2.23. The number of hydrogen-bond donors (Lipinski definition) is 0. The molecule has 0 saturated heterocycles. The Kier molecular flexibility index (Phi) is 3.48. The van der Waals surface area contributed by atoms with Gasteiger partial charge in [0.1, 0.15) is 17.2 Å². The summed E-state index contributed by atoms with van der Waals surface area (Å²) in [6.07, 6.45) is 0. The highest BCUT2D eigenvalue weighted by molar-refractivity contribution is 5.77. The summed E-state index contributed by atoms with van der Waals surface area (Å²) in [6, 6.07) is 16.6. The molecule has 0 spiro atoms. The zero-order valence-electron chi connectivity index (χ0n) is 12.5. The van der Waals surface area contributed by atoms with Gasteiger partial charge in [-0.25, -0.2) is 4.98 Å². The van der Waals surface area contributed by atoms with E-state index in [0.717, 1.165) is 22.5 Å². The van der Waals surface area contributed by atoms with Crippen LogP contribution in [0.15, 0.2) is 48.5 Å². The van der Waals surface area contributed by atoms with Crippen molar-refractivity contribution < 1.29 is 0 Å². The van der Waals surface area contributed by atoms with Gasteiger partial charge in [0.25, 0.3) is 0 Å². The van der Waals surface area contributed by atoms with Crippen molar-refractivity contribution in [2.45, 2.75) is 20.8 Å². The summed E-state index contributed by atoms with van der Waals surface area (Å²) >= 11 is 0. The van der Waals surface area contributed by atoms with E-state index < -0.39 is 0 Å². The van der Waals surface area contributed by atoms with Crippen LogP contribution < -0.4 is 0 Å². The molecule has 3 aromatic rings. The van der Waals surface area contributed by atoms with Crippen molar-refractivity contribution in [2.75, 3.05) is 0 Å². The van der Waals surface area contributed by atoms with Gasteiger partial charge < -0.3 is 0 Å². The van der Waals surface area contributed by atoms with Gasteiger partial charge in [-0.15, -0.1) is 10.2 Å². The number of aromatic nitrogens is 3. The van der Waals surface area contributed by atoms with E-state index in [4.69, 9.17) is 0 Å². The maximum atomic E-state index is 4.60. The van der Waals surface area contributed by atoms with Gasteiger partial charge in [0.15, 0.2) is 0 Å². The molecule has 1 heterocycles. The van der Waals surface area contributed by atoms with Gasteiger partial charge >= 0.3 is 0 Å². The summed E-state index contributed by atoms with van der Waals surface area (Å²) in [4.78, 5) is 4.60. The van der Waals surface area contributed by atoms with Crippen molar-refractivity contribution in [3.63, 3.8) is 0 Å². The molecule has 0 amide bonds. The molecule has 2 aromatic carbocycles. The second kappa shape index (κ2) is 5.44. The number of aryl methyl sites for hydroxylation is 3. The van der Waals surface area contributed by atoms with Gasteiger partial charge in [-0.3, -0.25) is 0 Å². The van der Waals surface area contributed by atoms with E-state index in [-0.39, 0.29) is 0 Å². The lowest BCUT2D eigenvalue weighted by atomic mass is 10.0. The first-order chi connectivity index (χ1) is 10.1. The molecule has 0 bridgehead atoms. The summed E-state index contributed by atoms with van der Waals surface area (Å²) in [5.74, 6) is 0.682. The van der Waals surface area contributed by atoms with Crippen molar-refractivity contribution in [1.82, 2.24) is 15.2 Å². The molecule has 0 aliphatic carbocycles. The van der Waals surface area contributed by atoms with Crippen molar-refractivity contribution >= 4 is 0 Å². The van der Waals surface area contributed by atoms with Crippen molar-refractivity contribution in [2.24, 2.45) is 0 Å². The highest BCUT2D eigenvalue weighted by Crippen LogP contribution is 2.28. The van der Waals surface area contributed by atoms with Crippen molar-refractivity contribution in [1.29, 1.82) is 0 Å². The smallest absolute Gasteiger partial charge is 0.148 e. The molecule has 3 nitrogen and oxygen atoms in total. The molecule has 0 atom stereocenters. The van der Waals surface area contributed by atoms with E-state index in [2.05, 4.69) is 77.6 Å². The van der Waals surface area contributed by atoms with Crippen LogP contribution in [0.2, 0.25) is 0 Å². The quantitative estimate of drug-likeness (QED) is 0.705. The molecule has 0 radical (unpaired) electrons. The summed E-state index contributed by atoms with van der Waals surface area (Å²) in [6.45, 7) is 6.02. The molecule has 21 heavy (non-hydrogen) atoms. The van der Waals surface area contributed by atoms with Gasteiger partial charge in [-0.1, -0.05) is 59.7 Å². The zero-order valence-corrected chi connectivity index (χ0v) is 12.5. The molecule has 3 heteroatoms. The predicted octanol–water partition coefficient (Wildman–Crippen LogP) is 4.13. The normalized spacial score (nSPS) is 10.6. The van der Waals surface area contributed by atoms with Crippen LogP contribution >= 0.6 is 0 Å². The molecule has 104 valence electrons. The molecular weight excluding hydrogens is 258 g/mol. The van der Waals surface area contributed by atoms with Crippen molar-refractivity contribution in [3.05, 3.63) is 65.5 Å². The lowest BCUT2D eigenvalue weighted by Crippen LogP contribution is -1.99. The highest BCUT2D eigenvalue weighted by Gasteiger charge is 2.12. The molecule has 3 rings (SSSR count). The lowest BCUT2D eigenvalue weighted by Gasteiger charge is -2.09. The van der Waals surface area contributed by atoms with Crippen LogP contribution in [0.25, 0.3) is 22.5 Å². The molecule has 0 unspecified atom stereocenters. The van der Waals surface area contributed by atoms with E-state index in [1.807, 2.05) is 6.92 Å². The average molecular weight is 275 g/mol. The number of hydrogen-bond acceptors (Lipinski definition) is 3. The summed E-state index contributed by atoms with van der Waals surface area (Å²) in [5, 5.41) is 8.48. The largest absolute Gasteiger partial charge is 0.229 e. The van der Waals surface area contributed by atoms with Gasteiger partial charge in [0.2, 0.25) is 0 Å². The van der Waals surface area contributed by atoms with E-state index in [9.17, 15) is 0 Å². The minimum absolute atomic E-state index is 0.682. The molecule has 0 aliphatic heterocycles. The summed E-state index contributed by atoms with van der Waals surface area (Å²) in [7, 11) is 0. The Bertz CT molecular complexity index is 759. The minimum Gasteiger partial charge on any atom is -0.229 e. The SMILES string of the molecule is Cc1ccc(-c2nnc(C)nc2-c2ccc(C)cc2)cc1. The average Bonchev–Trinajstić information content (AvgIpc) is 2.49. The Labute approximate surface area is 124 Å². The Hall–Kier alpha value is -2.55. The first-order valence-electron chi connectivity index (χ1n) is 6.99. The van der Waals surface area contributed by atoms with Gasteiger partial charge in [-0.2, -0.15) is 0 Å². The Morgan fingerprint density at radius 2 is 1.05 bits per heavy atom. The van der Waals surface area contributed by atoms with Crippen LogP contribution in [-0.2, 0) is 0 Å². The molecule has 1 aromatic heterocycles. The topological polar surface area (TPSA) is 38.7 Å². The third-order valence-electron chi connectivity index (χ3n) is 3.44. The highest BCUT2D eigenvalue weighted by atomic mass is 15.2. The van der Waals surface area contributed by atoms with Crippen LogP contribution in [0.3, 0.4) is 0 Å². The van der Waals surface area contributed by atoms with Crippen LogP contribution in [0.5, 0.6) is 0 Å². The number of nitrogens with zero attached hydrogens (tertiary/aromatic N) is 3. The second-order valence-corrected chi connectivity index (χ2v) is 5.29. The van der Waals surface area contributed by atoms with E-state index in [0.29, 0.717) is 5.82 Å². The van der Waals surface area contributed by atoms with Crippen LogP contribution in [0.4, 0.5) is 0 Å². The van der Waals surface area contributed by atoms with Crippen molar-refractivity contribution in [3.8, 4) is 22.5 Å². The maximum Gasteiger partial charge on any atom is 0.148 e. The molecule has 0 fully saturated rings. The molecule has 0 N–H and O–H groups in total. The first kappa shape index (κ1) is 13.4. The van der Waals surface area contributed by atoms with Gasteiger partial charge in [0.05, 0.1) is 0 Å². The van der Waals surface area contributed by atoms with Crippen LogP contribution in [-0.4, -0.2) is 15.2 Å². The molecular formula is C18H17N3. The lowest BCUT2D eigenvalue weighted by molar-refractivity contribution is 0.918. The van der Waals surface area contributed by atoms with Crippen LogP contribution in [0, 0.1) is 20.8 Å². The summed E-state index contributed by atoms with van der Waals surface area (Å²) < 4.78 is 0. The standard InChI is InChI=1S/C18H17N3/c1-12-4-8-15(9-5-12)17-18(21-20-14(3)19-17)16-10-6-13(2)7-11-16/h4-11H,1-3H3. The molecule has 0 aliphatic rings. The third kappa shape index (κ3) is 2.82. The van der Waals surface area contributed by atoms with Gasteiger partial charge in [0, 0.05) is 11.1 Å². The van der Waals surface area contributed by atoms with E-state index >= 15 is 0 Å². The number of benzene rings is 2. The van der Waals surface area contributed by atoms with Gasteiger partial charge in [-0.05, 0) is 20.8 Å². The van der Waals surface area contributed by atoms with Crippen LogP contribution in [0.1, 0.15) is 17.0 Å². The zero-order chi connectivity index (χ0) is 14.8. The Morgan fingerprint density at radius 3 is 1.57 bits per heavy atom. The Morgan fingerprint density at radius 1 is 0.571 bits per heavy atom.